The van der Waals surface area contributed by atoms with Gasteiger partial charge in [0.25, 0.3) is 0 Å². The summed E-state index contributed by atoms with van der Waals surface area (Å²) in [6.07, 6.45) is 5.25. The number of nitrogens with one attached hydrogen (secondary N) is 1. The van der Waals surface area contributed by atoms with E-state index in [-0.39, 0.29) is 5.91 Å². The molecule has 0 aliphatic heterocycles. The molecule has 0 aliphatic carbocycles. The largest absolute Gasteiger partial charge is 0.493 e. The predicted molar refractivity (Wildman–Crippen MR) is 101 cm³/mol. The van der Waals surface area contributed by atoms with Crippen molar-refractivity contribution in [2.24, 2.45) is 0 Å². The van der Waals surface area contributed by atoms with Crippen molar-refractivity contribution in [3.63, 3.8) is 0 Å². The lowest BCUT2D eigenvalue weighted by atomic mass is 10.2. The van der Waals surface area contributed by atoms with Gasteiger partial charge >= 0.3 is 0 Å². The van der Waals surface area contributed by atoms with E-state index >= 15 is 0 Å². The minimum atomic E-state index is 0.00355. The van der Waals surface area contributed by atoms with Crippen molar-refractivity contribution >= 4 is 17.7 Å². The summed E-state index contributed by atoms with van der Waals surface area (Å²) in [7, 11) is 1.60. The van der Waals surface area contributed by atoms with Gasteiger partial charge in [0.05, 0.1) is 12.9 Å². The molecule has 0 saturated carbocycles. The number of rotatable bonds is 10. The highest BCUT2D eigenvalue weighted by atomic mass is 32.2. The summed E-state index contributed by atoms with van der Waals surface area (Å²) in [5.41, 5.74) is 1.99. The number of amides is 1. The number of carbonyl (C=O) groups is 1. The van der Waals surface area contributed by atoms with Gasteiger partial charge in [-0.1, -0.05) is 12.1 Å². The average molecular weight is 358 g/mol. The monoisotopic (exact) mass is 358 g/mol. The molecule has 0 bridgehead atoms. The topological polar surface area (TPSA) is 60.5 Å². The molecule has 132 valence electrons. The SMILES string of the molecule is C=CCSCC(=O)NCc1ccc(OCc2ccncc2)c(OC)c1. The number of carbonyl (C=O) groups excluding carboxylic acids is 1. The maximum absolute atomic E-state index is 11.7. The molecule has 6 heteroatoms. The molecule has 1 amide bonds. The predicted octanol–water partition coefficient (Wildman–Crippen LogP) is 3.20. The van der Waals surface area contributed by atoms with E-state index in [4.69, 9.17) is 9.47 Å². The second-order valence-electron chi connectivity index (χ2n) is 5.21. The molecule has 0 unspecified atom stereocenters. The fourth-order valence-corrected chi connectivity index (χ4v) is 2.64. The lowest BCUT2D eigenvalue weighted by Crippen LogP contribution is -2.24. The molecule has 0 spiro atoms. The van der Waals surface area contributed by atoms with Gasteiger partial charge in [-0.2, -0.15) is 0 Å². The molecule has 2 rings (SSSR count). The summed E-state index contributed by atoms with van der Waals surface area (Å²) in [6, 6.07) is 9.45. The van der Waals surface area contributed by atoms with Crippen LogP contribution in [0.5, 0.6) is 11.5 Å². The lowest BCUT2D eigenvalue weighted by Gasteiger charge is -2.13. The van der Waals surface area contributed by atoms with E-state index in [9.17, 15) is 4.79 Å². The lowest BCUT2D eigenvalue weighted by molar-refractivity contribution is -0.118. The van der Waals surface area contributed by atoms with Gasteiger partial charge in [-0.15, -0.1) is 18.3 Å². The number of pyridine rings is 1. The van der Waals surface area contributed by atoms with Gasteiger partial charge in [0.1, 0.15) is 6.61 Å². The summed E-state index contributed by atoms with van der Waals surface area (Å²) in [5, 5.41) is 2.89. The summed E-state index contributed by atoms with van der Waals surface area (Å²) < 4.78 is 11.2. The van der Waals surface area contributed by atoms with Crippen LogP contribution in [0.25, 0.3) is 0 Å². The molecular weight excluding hydrogens is 336 g/mol. The Kier molecular flexibility index (Phi) is 7.85. The minimum Gasteiger partial charge on any atom is -0.493 e. The number of methoxy groups -OCH3 is 1. The molecule has 0 saturated heterocycles. The molecule has 5 nitrogen and oxygen atoms in total. The molecule has 0 fully saturated rings. The third-order valence-corrected chi connectivity index (χ3v) is 4.27. The fraction of sp³-hybridized carbons (Fsp3) is 0.263. The van der Waals surface area contributed by atoms with Crippen LogP contribution in [0.3, 0.4) is 0 Å². The highest BCUT2D eigenvalue weighted by Gasteiger charge is 2.07. The number of aromatic nitrogens is 1. The Morgan fingerprint density at radius 1 is 1.24 bits per heavy atom. The van der Waals surface area contributed by atoms with Crippen molar-refractivity contribution in [2.45, 2.75) is 13.2 Å². The second-order valence-corrected chi connectivity index (χ2v) is 6.24. The number of benzene rings is 1. The normalized spacial score (nSPS) is 10.1. The number of thioether (sulfide) groups is 1. The highest BCUT2D eigenvalue weighted by Crippen LogP contribution is 2.28. The molecular formula is C19H22N2O3S. The van der Waals surface area contributed by atoms with Crippen LogP contribution in [0.4, 0.5) is 0 Å². The third kappa shape index (κ3) is 6.51. The van der Waals surface area contributed by atoms with Crippen LogP contribution in [-0.4, -0.2) is 29.5 Å². The quantitative estimate of drug-likeness (QED) is 0.522. The van der Waals surface area contributed by atoms with E-state index in [1.54, 1.807) is 25.6 Å². The summed E-state index contributed by atoms with van der Waals surface area (Å²) >= 11 is 1.53. The van der Waals surface area contributed by atoms with E-state index in [0.29, 0.717) is 30.4 Å². The molecule has 1 N–H and O–H groups in total. The first-order valence-corrected chi connectivity index (χ1v) is 9.02. The van der Waals surface area contributed by atoms with Crippen molar-refractivity contribution in [3.05, 3.63) is 66.5 Å². The highest BCUT2D eigenvalue weighted by molar-refractivity contribution is 8.00. The Hall–Kier alpha value is -2.47. The molecule has 1 heterocycles. The first kappa shape index (κ1) is 18.9. The average Bonchev–Trinajstić information content (AvgIpc) is 2.66. The number of hydrogen-bond acceptors (Lipinski definition) is 5. The van der Waals surface area contributed by atoms with Gasteiger partial charge in [0.2, 0.25) is 5.91 Å². The number of hydrogen-bond donors (Lipinski definition) is 1. The van der Waals surface area contributed by atoms with Gasteiger partial charge in [0.15, 0.2) is 11.5 Å². The summed E-state index contributed by atoms with van der Waals surface area (Å²) in [4.78, 5) is 15.7. The van der Waals surface area contributed by atoms with Gasteiger partial charge < -0.3 is 14.8 Å². The maximum atomic E-state index is 11.7. The minimum absolute atomic E-state index is 0.00355. The van der Waals surface area contributed by atoms with E-state index in [1.807, 2.05) is 30.3 Å². The zero-order valence-corrected chi connectivity index (χ0v) is 15.1. The van der Waals surface area contributed by atoms with Gasteiger partial charge in [-0.05, 0) is 35.4 Å². The number of nitrogens with zero attached hydrogens (tertiary/aromatic N) is 1. The maximum Gasteiger partial charge on any atom is 0.230 e. The van der Waals surface area contributed by atoms with Gasteiger partial charge in [-0.25, -0.2) is 0 Å². The summed E-state index contributed by atoms with van der Waals surface area (Å²) in [6.45, 7) is 4.52. The van der Waals surface area contributed by atoms with Crippen LogP contribution >= 0.6 is 11.8 Å². The Bertz CT molecular complexity index is 692. The molecule has 0 aliphatic rings. The van der Waals surface area contributed by atoms with Crippen molar-refractivity contribution in [3.8, 4) is 11.5 Å². The van der Waals surface area contributed by atoms with Crippen LogP contribution in [0, 0.1) is 0 Å². The first-order chi connectivity index (χ1) is 12.2. The first-order valence-electron chi connectivity index (χ1n) is 7.87. The van der Waals surface area contributed by atoms with E-state index in [2.05, 4.69) is 16.9 Å². The molecule has 0 radical (unpaired) electrons. The Labute approximate surface area is 152 Å². The van der Waals surface area contributed by atoms with Crippen LogP contribution in [0.1, 0.15) is 11.1 Å². The van der Waals surface area contributed by atoms with Gasteiger partial charge in [-0.3, -0.25) is 9.78 Å². The van der Waals surface area contributed by atoms with E-state index in [0.717, 1.165) is 16.9 Å². The van der Waals surface area contributed by atoms with Crippen LogP contribution in [0.15, 0.2) is 55.4 Å². The molecule has 1 aromatic carbocycles. The summed E-state index contributed by atoms with van der Waals surface area (Å²) in [5.74, 6) is 2.50. The molecule has 2 aromatic rings. The zero-order valence-electron chi connectivity index (χ0n) is 14.2. The molecule has 1 aromatic heterocycles. The Balaban J connectivity index is 1.89. The fourth-order valence-electron chi connectivity index (χ4n) is 2.07. The van der Waals surface area contributed by atoms with Crippen LogP contribution in [0.2, 0.25) is 0 Å². The van der Waals surface area contributed by atoms with Crippen LogP contribution in [-0.2, 0) is 17.9 Å². The zero-order chi connectivity index (χ0) is 17.9. The van der Waals surface area contributed by atoms with E-state index < -0.39 is 0 Å². The standard InChI is InChI=1S/C19H22N2O3S/c1-3-10-25-14-19(22)21-12-16-4-5-17(18(11-16)23-2)24-13-15-6-8-20-9-7-15/h3-9,11H,1,10,12-14H2,2H3,(H,21,22). The van der Waals surface area contributed by atoms with Crippen LogP contribution < -0.4 is 14.8 Å². The molecule has 0 atom stereocenters. The Morgan fingerprint density at radius 3 is 2.76 bits per heavy atom. The van der Waals surface area contributed by atoms with Crippen molar-refractivity contribution in [2.75, 3.05) is 18.6 Å². The second kappa shape index (κ2) is 10.4. The van der Waals surface area contributed by atoms with Gasteiger partial charge in [0, 0.05) is 24.7 Å². The van der Waals surface area contributed by atoms with Crippen molar-refractivity contribution in [1.82, 2.24) is 10.3 Å². The number of ether oxygens (including phenoxy) is 2. The van der Waals surface area contributed by atoms with E-state index in [1.165, 1.54) is 11.8 Å². The molecule has 25 heavy (non-hydrogen) atoms. The Morgan fingerprint density at radius 2 is 2.04 bits per heavy atom. The van der Waals surface area contributed by atoms with Crippen molar-refractivity contribution in [1.29, 1.82) is 0 Å². The third-order valence-electron chi connectivity index (χ3n) is 3.33. The van der Waals surface area contributed by atoms with Crippen molar-refractivity contribution < 1.29 is 14.3 Å². The smallest absolute Gasteiger partial charge is 0.230 e.